The van der Waals surface area contributed by atoms with Gasteiger partial charge in [-0.1, -0.05) is 29.8 Å². The second-order valence-corrected chi connectivity index (χ2v) is 6.49. The molecule has 2 aromatic carbocycles. The number of nitrogens with one attached hydrogen (secondary N) is 2. The Bertz CT molecular complexity index is 1070. The van der Waals surface area contributed by atoms with Gasteiger partial charge in [-0.25, -0.2) is 0 Å². The molecule has 0 aliphatic rings. The zero-order valence-electron chi connectivity index (χ0n) is 13.5. The molecule has 0 unspecified atom stereocenters. The summed E-state index contributed by atoms with van der Waals surface area (Å²) in [4.78, 5) is 27.7. The Hall–Kier alpha value is -2.44. The molecule has 3 aromatic rings. The topological polar surface area (TPSA) is 66.9 Å². The van der Waals surface area contributed by atoms with E-state index in [2.05, 4.69) is 10.3 Å². The summed E-state index contributed by atoms with van der Waals surface area (Å²) in [7, 11) is 0. The van der Waals surface area contributed by atoms with Gasteiger partial charge in [0.15, 0.2) is 4.77 Å². The van der Waals surface area contributed by atoms with Gasteiger partial charge in [-0.3, -0.25) is 14.2 Å². The Morgan fingerprint density at radius 2 is 2.04 bits per heavy atom. The second-order valence-electron chi connectivity index (χ2n) is 5.69. The van der Waals surface area contributed by atoms with Crippen LogP contribution in [0.25, 0.3) is 10.9 Å². The Morgan fingerprint density at radius 3 is 2.80 bits per heavy atom. The highest BCUT2D eigenvalue weighted by molar-refractivity contribution is 7.71. The zero-order chi connectivity index (χ0) is 18.0. The maximum absolute atomic E-state index is 12.5. The lowest BCUT2D eigenvalue weighted by atomic mass is 10.2. The van der Waals surface area contributed by atoms with Crippen LogP contribution in [-0.2, 0) is 11.3 Å². The number of aryl methyl sites for hydroxylation is 1. The maximum atomic E-state index is 12.5. The predicted octanol–water partition coefficient (Wildman–Crippen LogP) is 4.05. The quantitative estimate of drug-likeness (QED) is 0.678. The van der Waals surface area contributed by atoms with Gasteiger partial charge >= 0.3 is 0 Å². The van der Waals surface area contributed by atoms with E-state index >= 15 is 0 Å². The lowest BCUT2D eigenvalue weighted by molar-refractivity contribution is -0.116. The van der Waals surface area contributed by atoms with E-state index in [1.807, 2.05) is 19.1 Å². The third kappa shape index (κ3) is 3.81. The fourth-order valence-electron chi connectivity index (χ4n) is 2.51. The molecule has 0 atom stereocenters. The number of hydrogen-bond donors (Lipinski definition) is 2. The molecule has 0 saturated carbocycles. The monoisotopic (exact) mass is 373 g/mol. The molecule has 0 fully saturated rings. The van der Waals surface area contributed by atoms with Crippen molar-refractivity contribution in [3.05, 3.63) is 68.2 Å². The number of carbonyl (C=O) groups is 1. The molecule has 1 aromatic heterocycles. The molecule has 5 nitrogen and oxygen atoms in total. The van der Waals surface area contributed by atoms with Crippen LogP contribution in [0.1, 0.15) is 12.0 Å². The third-order valence-electron chi connectivity index (χ3n) is 3.91. The second kappa shape index (κ2) is 7.21. The van der Waals surface area contributed by atoms with Crippen molar-refractivity contribution in [3.8, 4) is 0 Å². The van der Waals surface area contributed by atoms with Crippen molar-refractivity contribution in [3.63, 3.8) is 0 Å². The van der Waals surface area contributed by atoms with Crippen LogP contribution >= 0.6 is 23.8 Å². The summed E-state index contributed by atoms with van der Waals surface area (Å²) in [5.41, 5.74) is 2.04. The van der Waals surface area contributed by atoms with Gasteiger partial charge in [0.25, 0.3) is 5.56 Å². The van der Waals surface area contributed by atoms with Crippen LogP contribution in [0.3, 0.4) is 0 Å². The van der Waals surface area contributed by atoms with Gasteiger partial charge in [0, 0.05) is 23.7 Å². The van der Waals surface area contributed by atoms with E-state index in [1.54, 1.807) is 30.3 Å². The van der Waals surface area contributed by atoms with Crippen LogP contribution in [0, 0.1) is 11.7 Å². The molecular formula is C18H16ClN3O2S. The molecule has 25 heavy (non-hydrogen) atoms. The van der Waals surface area contributed by atoms with Gasteiger partial charge in [-0.2, -0.15) is 0 Å². The van der Waals surface area contributed by atoms with Crippen LogP contribution in [0.4, 0.5) is 5.69 Å². The number of nitrogens with zero attached hydrogens (tertiary/aromatic N) is 1. The fourth-order valence-corrected chi connectivity index (χ4v) is 2.97. The lowest BCUT2D eigenvalue weighted by Crippen LogP contribution is -2.25. The molecule has 0 aliphatic heterocycles. The van der Waals surface area contributed by atoms with E-state index in [0.29, 0.717) is 26.4 Å². The van der Waals surface area contributed by atoms with E-state index in [4.69, 9.17) is 23.8 Å². The summed E-state index contributed by atoms with van der Waals surface area (Å²) in [6, 6.07) is 12.5. The van der Waals surface area contributed by atoms with Crippen molar-refractivity contribution < 1.29 is 4.79 Å². The minimum Gasteiger partial charge on any atom is -0.332 e. The number of benzene rings is 2. The summed E-state index contributed by atoms with van der Waals surface area (Å²) in [6.45, 7) is 2.09. The lowest BCUT2D eigenvalue weighted by Gasteiger charge is -2.09. The minimum atomic E-state index is -0.214. The fraction of sp³-hybridized carbons (Fsp3) is 0.167. The average molecular weight is 374 g/mol. The number of halogens is 1. The van der Waals surface area contributed by atoms with Crippen LogP contribution in [-0.4, -0.2) is 15.5 Å². The van der Waals surface area contributed by atoms with Gasteiger partial charge in [0.2, 0.25) is 5.91 Å². The molecule has 0 spiro atoms. The summed E-state index contributed by atoms with van der Waals surface area (Å²) < 4.78 is 1.70. The Kier molecular flexibility index (Phi) is 5.01. The van der Waals surface area contributed by atoms with E-state index in [-0.39, 0.29) is 24.4 Å². The number of amides is 1. The smallest absolute Gasteiger partial charge is 0.262 e. The van der Waals surface area contributed by atoms with Crippen LogP contribution in [0.5, 0.6) is 0 Å². The van der Waals surface area contributed by atoms with Crippen molar-refractivity contribution in [2.45, 2.75) is 19.9 Å². The number of rotatable bonds is 4. The summed E-state index contributed by atoms with van der Waals surface area (Å²) >= 11 is 11.3. The number of H-pyrrole nitrogens is 1. The largest absolute Gasteiger partial charge is 0.332 e. The molecule has 7 heteroatoms. The first-order valence-electron chi connectivity index (χ1n) is 7.73. The predicted molar refractivity (Wildman–Crippen MR) is 103 cm³/mol. The normalized spacial score (nSPS) is 10.8. The van der Waals surface area contributed by atoms with E-state index in [1.165, 1.54) is 4.57 Å². The minimum absolute atomic E-state index is 0.126. The van der Waals surface area contributed by atoms with Crippen molar-refractivity contribution in [1.82, 2.24) is 9.55 Å². The molecule has 3 rings (SSSR count). The first kappa shape index (κ1) is 17.4. The highest BCUT2D eigenvalue weighted by Gasteiger charge is 2.08. The van der Waals surface area contributed by atoms with Crippen molar-refractivity contribution >= 4 is 46.3 Å². The number of aromatic amines is 1. The van der Waals surface area contributed by atoms with Crippen molar-refractivity contribution in [2.75, 3.05) is 5.32 Å². The Morgan fingerprint density at radius 1 is 1.28 bits per heavy atom. The SMILES string of the molecule is Cc1ccc(NC(=O)CCn2c(=S)[nH]c3ccccc3c2=O)cc1Cl. The number of carbonyl (C=O) groups excluding carboxylic acids is 1. The molecule has 0 saturated heterocycles. The molecule has 128 valence electrons. The van der Waals surface area contributed by atoms with Crippen LogP contribution < -0.4 is 10.9 Å². The summed E-state index contributed by atoms with van der Waals surface area (Å²) in [5.74, 6) is -0.214. The summed E-state index contributed by atoms with van der Waals surface area (Å²) in [6.07, 6.45) is 0.126. The molecule has 0 aliphatic carbocycles. The van der Waals surface area contributed by atoms with Gasteiger partial charge in [0.1, 0.15) is 0 Å². The number of para-hydroxylation sites is 1. The molecular weight excluding hydrogens is 358 g/mol. The summed E-state index contributed by atoms with van der Waals surface area (Å²) in [5, 5.41) is 3.91. The van der Waals surface area contributed by atoms with Gasteiger partial charge in [0.05, 0.1) is 10.9 Å². The maximum Gasteiger partial charge on any atom is 0.262 e. The average Bonchev–Trinajstić information content (AvgIpc) is 2.58. The zero-order valence-corrected chi connectivity index (χ0v) is 15.1. The highest BCUT2D eigenvalue weighted by atomic mass is 35.5. The van der Waals surface area contributed by atoms with Crippen LogP contribution in [0.2, 0.25) is 5.02 Å². The Balaban J connectivity index is 1.76. The van der Waals surface area contributed by atoms with E-state index in [0.717, 1.165) is 5.56 Å². The standard InChI is InChI=1S/C18H16ClN3O2S/c1-11-6-7-12(10-14(11)19)20-16(23)8-9-22-17(24)13-4-2-3-5-15(13)21-18(22)25/h2-7,10H,8-9H2,1H3,(H,20,23)(H,21,25). The van der Waals surface area contributed by atoms with Crippen molar-refractivity contribution in [2.24, 2.45) is 0 Å². The molecule has 1 amide bonds. The van der Waals surface area contributed by atoms with Crippen LogP contribution in [0.15, 0.2) is 47.3 Å². The first-order chi connectivity index (χ1) is 12.0. The number of hydrogen-bond acceptors (Lipinski definition) is 3. The first-order valence-corrected chi connectivity index (χ1v) is 8.52. The highest BCUT2D eigenvalue weighted by Crippen LogP contribution is 2.20. The molecule has 1 heterocycles. The third-order valence-corrected chi connectivity index (χ3v) is 4.64. The van der Waals surface area contributed by atoms with Gasteiger partial charge in [-0.15, -0.1) is 0 Å². The van der Waals surface area contributed by atoms with E-state index in [9.17, 15) is 9.59 Å². The number of aromatic nitrogens is 2. The molecule has 2 N–H and O–H groups in total. The molecule has 0 radical (unpaired) electrons. The van der Waals surface area contributed by atoms with E-state index < -0.39 is 0 Å². The van der Waals surface area contributed by atoms with Gasteiger partial charge < -0.3 is 10.3 Å². The van der Waals surface area contributed by atoms with Gasteiger partial charge in [-0.05, 0) is 49.0 Å². The number of fused-ring (bicyclic) bond motifs is 1. The molecule has 0 bridgehead atoms. The number of anilines is 1. The van der Waals surface area contributed by atoms with Crippen molar-refractivity contribution in [1.29, 1.82) is 0 Å². The Labute approximate surface area is 154 Å².